The Balaban J connectivity index is 2.29. The van der Waals surface area contributed by atoms with Crippen molar-refractivity contribution in [1.82, 2.24) is 15.1 Å². The van der Waals surface area contributed by atoms with Crippen molar-refractivity contribution in [2.45, 2.75) is 39.7 Å². The molecular formula is C13H29N3. The number of hydrogen-bond donors (Lipinski definition) is 1. The molecular weight excluding hydrogens is 198 g/mol. The van der Waals surface area contributed by atoms with E-state index in [0.29, 0.717) is 0 Å². The molecule has 1 rings (SSSR count). The third kappa shape index (κ3) is 4.40. The first-order chi connectivity index (χ1) is 7.81. The molecule has 1 heterocycles. The maximum absolute atomic E-state index is 3.44. The van der Waals surface area contributed by atoms with Crippen LogP contribution in [0, 0.1) is 0 Å². The lowest BCUT2D eigenvalue weighted by Gasteiger charge is -2.35. The summed E-state index contributed by atoms with van der Waals surface area (Å²) in [5.41, 5.74) is 0. The van der Waals surface area contributed by atoms with Crippen LogP contribution in [-0.4, -0.2) is 61.7 Å². The predicted octanol–water partition coefficient (Wildman–Crippen LogP) is 1.40. The van der Waals surface area contributed by atoms with Crippen LogP contribution < -0.4 is 5.32 Å². The summed E-state index contributed by atoms with van der Waals surface area (Å²) in [4.78, 5) is 5.18. The van der Waals surface area contributed by atoms with Crippen LogP contribution in [-0.2, 0) is 0 Å². The van der Waals surface area contributed by atoms with Crippen molar-refractivity contribution in [3.05, 3.63) is 0 Å². The van der Waals surface area contributed by atoms with Gasteiger partial charge in [-0.2, -0.15) is 0 Å². The van der Waals surface area contributed by atoms with E-state index in [1.165, 1.54) is 58.7 Å². The first kappa shape index (κ1) is 13.9. The SMILES string of the molecule is CCN(CC)CCN(CC)C1CCNCC1. The van der Waals surface area contributed by atoms with E-state index >= 15 is 0 Å². The van der Waals surface area contributed by atoms with Crippen molar-refractivity contribution in [3.8, 4) is 0 Å². The zero-order valence-electron chi connectivity index (χ0n) is 11.3. The van der Waals surface area contributed by atoms with Gasteiger partial charge in [0.2, 0.25) is 0 Å². The summed E-state index contributed by atoms with van der Waals surface area (Å²) in [5, 5.41) is 3.44. The number of nitrogens with one attached hydrogen (secondary N) is 1. The van der Waals surface area contributed by atoms with E-state index < -0.39 is 0 Å². The highest BCUT2D eigenvalue weighted by atomic mass is 15.2. The largest absolute Gasteiger partial charge is 0.317 e. The minimum absolute atomic E-state index is 0.821. The summed E-state index contributed by atoms with van der Waals surface area (Å²) in [7, 11) is 0. The van der Waals surface area contributed by atoms with Crippen LogP contribution in [0.3, 0.4) is 0 Å². The van der Waals surface area contributed by atoms with Gasteiger partial charge < -0.3 is 10.2 Å². The summed E-state index contributed by atoms with van der Waals surface area (Å²) in [5.74, 6) is 0. The molecule has 3 nitrogen and oxygen atoms in total. The average molecular weight is 227 g/mol. The summed E-state index contributed by atoms with van der Waals surface area (Å²) in [6.07, 6.45) is 2.65. The molecule has 0 aromatic heterocycles. The molecule has 1 saturated heterocycles. The van der Waals surface area contributed by atoms with Crippen LogP contribution in [0.2, 0.25) is 0 Å². The summed E-state index contributed by atoms with van der Waals surface area (Å²) in [6.45, 7) is 15.2. The lowest BCUT2D eigenvalue weighted by molar-refractivity contribution is 0.146. The zero-order valence-corrected chi connectivity index (χ0v) is 11.3. The molecule has 0 amide bonds. The van der Waals surface area contributed by atoms with Crippen LogP contribution >= 0.6 is 0 Å². The third-order valence-electron chi connectivity index (χ3n) is 3.83. The van der Waals surface area contributed by atoms with Gasteiger partial charge in [-0.05, 0) is 45.6 Å². The Morgan fingerprint density at radius 3 is 2.06 bits per heavy atom. The van der Waals surface area contributed by atoms with Gasteiger partial charge in [-0.15, -0.1) is 0 Å². The topological polar surface area (TPSA) is 18.5 Å². The first-order valence-electron chi connectivity index (χ1n) is 6.98. The quantitative estimate of drug-likeness (QED) is 0.709. The highest BCUT2D eigenvalue weighted by Crippen LogP contribution is 2.11. The van der Waals surface area contributed by atoms with Gasteiger partial charge in [-0.25, -0.2) is 0 Å². The maximum atomic E-state index is 3.44. The molecule has 0 bridgehead atoms. The van der Waals surface area contributed by atoms with E-state index in [-0.39, 0.29) is 0 Å². The minimum atomic E-state index is 0.821. The van der Waals surface area contributed by atoms with Crippen LogP contribution in [0.1, 0.15) is 33.6 Å². The molecule has 0 aromatic rings. The third-order valence-corrected chi connectivity index (χ3v) is 3.83. The molecule has 0 unspecified atom stereocenters. The Hall–Kier alpha value is -0.120. The average Bonchev–Trinajstić information content (AvgIpc) is 2.36. The van der Waals surface area contributed by atoms with Gasteiger partial charge >= 0.3 is 0 Å². The first-order valence-corrected chi connectivity index (χ1v) is 6.98. The van der Waals surface area contributed by atoms with E-state index in [1.807, 2.05) is 0 Å². The molecule has 16 heavy (non-hydrogen) atoms. The molecule has 0 atom stereocenters. The number of nitrogens with zero attached hydrogens (tertiary/aromatic N) is 2. The number of hydrogen-bond acceptors (Lipinski definition) is 3. The Morgan fingerprint density at radius 1 is 0.938 bits per heavy atom. The Morgan fingerprint density at radius 2 is 1.56 bits per heavy atom. The second-order valence-electron chi connectivity index (χ2n) is 4.64. The van der Waals surface area contributed by atoms with Crippen molar-refractivity contribution in [2.24, 2.45) is 0 Å². The molecule has 0 spiro atoms. The fraction of sp³-hybridized carbons (Fsp3) is 1.00. The van der Waals surface area contributed by atoms with E-state index in [0.717, 1.165) is 6.04 Å². The number of likely N-dealkylation sites (N-methyl/N-ethyl adjacent to an activating group) is 2. The second kappa shape index (κ2) is 8.04. The summed E-state index contributed by atoms with van der Waals surface area (Å²) >= 11 is 0. The molecule has 0 saturated carbocycles. The highest BCUT2D eigenvalue weighted by molar-refractivity contribution is 4.77. The highest BCUT2D eigenvalue weighted by Gasteiger charge is 2.19. The lowest BCUT2D eigenvalue weighted by Crippen LogP contribution is -2.45. The van der Waals surface area contributed by atoms with Crippen LogP contribution in [0.15, 0.2) is 0 Å². The van der Waals surface area contributed by atoms with Gasteiger partial charge in [0.1, 0.15) is 0 Å². The number of rotatable bonds is 7. The van der Waals surface area contributed by atoms with Crippen molar-refractivity contribution >= 4 is 0 Å². The normalized spacial score (nSPS) is 18.6. The molecule has 1 fully saturated rings. The van der Waals surface area contributed by atoms with Gasteiger partial charge in [0.15, 0.2) is 0 Å². The minimum Gasteiger partial charge on any atom is -0.317 e. The van der Waals surface area contributed by atoms with Crippen molar-refractivity contribution in [2.75, 3.05) is 45.8 Å². The Bertz CT molecular complexity index is 163. The summed E-state index contributed by atoms with van der Waals surface area (Å²) in [6, 6.07) is 0.821. The van der Waals surface area contributed by atoms with E-state index in [4.69, 9.17) is 0 Å². The Kier molecular flexibility index (Phi) is 7.01. The van der Waals surface area contributed by atoms with Gasteiger partial charge in [-0.1, -0.05) is 20.8 Å². The summed E-state index contributed by atoms with van der Waals surface area (Å²) < 4.78 is 0. The van der Waals surface area contributed by atoms with Crippen molar-refractivity contribution in [3.63, 3.8) is 0 Å². The van der Waals surface area contributed by atoms with Crippen LogP contribution in [0.25, 0.3) is 0 Å². The predicted molar refractivity (Wildman–Crippen MR) is 70.9 cm³/mol. The van der Waals surface area contributed by atoms with Gasteiger partial charge in [0, 0.05) is 19.1 Å². The number of piperidine rings is 1. The molecule has 0 radical (unpaired) electrons. The molecule has 0 aliphatic carbocycles. The maximum Gasteiger partial charge on any atom is 0.0120 e. The van der Waals surface area contributed by atoms with Gasteiger partial charge in [-0.3, -0.25) is 4.90 Å². The van der Waals surface area contributed by atoms with Crippen LogP contribution in [0.5, 0.6) is 0 Å². The zero-order chi connectivity index (χ0) is 11.8. The monoisotopic (exact) mass is 227 g/mol. The Labute approximate surface area is 101 Å². The van der Waals surface area contributed by atoms with Gasteiger partial charge in [0.25, 0.3) is 0 Å². The molecule has 96 valence electrons. The van der Waals surface area contributed by atoms with Crippen LogP contribution in [0.4, 0.5) is 0 Å². The second-order valence-corrected chi connectivity index (χ2v) is 4.64. The molecule has 1 aliphatic rings. The smallest absolute Gasteiger partial charge is 0.0120 e. The van der Waals surface area contributed by atoms with Crippen molar-refractivity contribution < 1.29 is 0 Å². The lowest BCUT2D eigenvalue weighted by atomic mass is 10.0. The van der Waals surface area contributed by atoms with E-state index in [9.17, 15) is 0 Å². The molecule has 0 aromatic carbocycles. The van der Waals surface area contributed by atoms with E-state index in [2.05, 4.69) is 35.9 Å². The molecule has 1 aliphatic heterocycles. The van der Waals surface area contributed by atoms with Gasteiger partial charge in [0.05, 0.1) is 0 Å². The fourth-order valence-electron chi connectivity index (χ4n) is 2.58. The molecule has 1 N–H and O–H groups in total. The molecule has 3 heteroatoms. The standard InChI is InChI=1S/C13H29N3/c1-4-15(5-2)11-12-16(6-3)13-7-9-14-10-8-13/h13-14H,4-12H2,1-3H3. The fourth-order valence-corrected chi connectivity index (χ4v) is 2.58. The van der Waals surface area contributed by atoms with Crippen molar-refractivity contribution in [1.29, 1.82) is 0 Å². The van der Waals surface area contributed by atoms with E-state index in [1.54, 1.807) is 0 Å².